The van der Waals surface area contributed by atoms with Crippen LogP contribution in [0.1, 0.15) is 32.1 Å². The number of ether oxygens (including phenoxy) is 1. The predicted octanol–water partition coefficient (Wildman–Crippen LogP) is 5.09. The molecule has 1 saturated carbocycles. The zero-order valence-electron chi connectivity index (χ0n) is 11.9. The topological polar surface area (TPSA) is 56.5 Å². The van der Waals surface area contributed by atoms with E-state index in [0.29, 0.717) is 11.7 Å². The van der Waals surface area contributed by atoms with Crippen LogP contribution < -0.4 is 10.4 Å². The zero-order valence-corrected chi connectivity index (χ0v) is 13.4. The third kappa shape index (κ3) is 5.35. The molecule has 6 heteroatoms. The number of hydrogen-bond acceptors (Lipinski definition) is 4. The van der Waals surface area contributed by atoms with E-state index < -0.39 is 4.70 Å². The van der Waals surface area contributed by atoms with Crippen molar-refractivity contribution < 1.29 is 13.9 Å². The summed E-state index contributed by atoms with van der Waals surface area (Å²) in [6.07, 6.45) is 6.35. The fraction of sp³-hybridized carbons (Fsp3) is 0.375. The van der Waals surface area contributed by atoms with E-state index in [4.69, 9.17) is 13.9 Å². The SMILES string of the molecule is O=C(Cl)Cl.O=c1ccc2ccc(OC3CCCCC3)cc2o1. The van der Waals surface area contributed by atoms with Gasteiger partial charge in [0.25, 0.3) is 0 Å². The van der Waals surface area contributed by atoms with E-state index in [0.717, 1.165) is 24.0 Å². The lowest BCUT2D eigenvalue weighted by atomic mass is 9.98. The van der Waals surface area contributed by atoms with Crippen molar-refractivity contribution in [2.75, 3.05) is 0 Å². The summed E-state index contributed by atoms with van der Waals surface area (Å²) in [4.78, 5) is 20.2. The first-order chi connectivity index (χ1) is 10.5. The Morgan fingerprint density at radius 1 is 1.09 bits per heavy atom. The van der Waals surface area contributed by atoms with Gasteiger partial charge in [-0.1, -0.05) is 6.42 Å². The van der Waals surface area contributed by atoms with Gasteiger partial charge in [0.2, 0.25) is 0 Å². The van der Waals surface area contributed by atoms with Crippen molar-refractivity contribution in [3.8, 4) is 5.75 Å². The fourth-order valence-corrected chi connectivity index (χ4v) is 2.49. The van der Waals surface area contributed by atoms with E-state index >= 15 is 0 Å². The van der Waals surface area contributed by atoms with Crippen molar-refractivity contribution in [3.63, 3.8) is 0 Å². The summed E-state index contributed by atoms with van der Waals surface area (Å²) in [5.74, 6) is 0.795. The lowest BCUT2D eigenvalue weighted by Crippen LogP contribution is -2.19. The highest BCUT2D eigenvalue weighted by Crippen LogP contribution is 2.25. The Bertz CT molecular complexity index is 686. The van der Waals surface area contributed by atoms with Crippen molar-refractivity contribution in [3.05, 3.63) is 40.8 Å². The Morgan fingerprint density at radius 2 is 1.73 bits per heavy atom. The standard InChI is InChI=1S/C15H16O3.CCl2O/c16-15-9-7-11-6-8-13(10-14(11)18-15)17-12-4-2-1-3-5-12;2-1(3)4/h6-10,12H,1-5H2;. The molecule has 0 bridgehead atoms. The van der Waals surface area contributed by atoms with Crippen LogP contribution >= 0.6 is 23.2 Å². The molecule has 1 aromatic heterocycles. The maximum absolute atomic E-state index is 11.2. The molecule has 0 saturated heterocycles. The molecule has 1 aromatic carbocycles. The Kier molecular flexibility index (Phi) is 6.28. The summed E-state index contributed by atoms with van der Waals surface area (Å²) in [7, 11) is 0. The summed E-state index contributed by atoms with van der Waals surface area (Å²) in [6.45, 7) is 0. The Morgan fingerprint density at radius 3 is 2.41 bits per heavy atom. The van der Waals surface area contributed by atoms with Gasteiger partial charge in [-0.2, -0.15) is 0 Å². The zero-order chi connectivity index (χ0) is 15.9. The van der Waals surface area contributed by atoms with Gasteiger partial charge in [0, 0.05) is 17.5 Å². The minimum atomic E-state index is -0.889. The van der Waals surface area contributed by atoms with E-state index in [9.17, 15) is 4.79 Å². The number of rotatable bonds is 2. The first kappa shape index (κ1) is 16.8. The monoisotopic (exact) mass is 342 g/mol. The lowest BCUT2D eigenvalue weighted by molar-refractivity contribution is 0.155. The van der Waals surface area contributed by atoms with Crippen LogP contribution in [0, 0.1) is 0 Å². The minimum Gasteiger partial charge on any atom is -0.490 e. The molecule has 1 fully saturated rings. The van der Waals surface area contributed by atoms with E-state index in [1.807, 2.05) is 18.2 Å². The van der Waals surface area contributed by atoms with Gasteiger partial charge in [0.05, 0.1) is 6.10 Å². The molecule has 0 amide bonds. The average Bonchev–Trinajstić information content (AvgIpc) is 2.47. The van der Waals surface area contributed by atoms with E-state index in [2.05, 4.69) is 23.2 Å². The van der Waals surface area contributed by atoms with Gasteiger partial charge in [0.1, 0.15) is 11.3 Å². The molecule has 0 N–H and O–H groups in total. The molecular formula is C16H16Cl2O4. The van der Waals surface area contributed by atoms with Crippen molar-refractivity contribution in [1.29, 1.82) is 0 Å². The van der Waals surface area contributed by atoms with Crippen LogP contribution in [0.15, 0.2) is 39.5 Å². The van der Waals surface area contributed by atoms with Gasteiger partial charge < -0.3 is 9.15 Å². The van der Waals surface area contributed by atoms with Gasteiger partial charge in [-0.05, 0) is 67.1 Å². The third-order valence-electron chi connectivity index (χ3n) is 3.45. The molecule has 0 spiro atoms. The molecule has 118 valence electrons. The summed E-state index contributed by atoms with van der Waals surface area (Å²) in [5.41, 5.74) is 0.271. The van der Waals surface area contributed by atoms with Crippen LogP contribution in [0.4, 0.5) is 4.79 Å². The molecule has 2 aromatic rings. The average molecular weight is 343 g/mol. The molecule has 22 heavy (non-hydrogen) atoms. The maximum atomic E-state index is 11.2. The molecule has 0 aliphatic heterocycles. The van der Waals surface area contributed by atoms with E-state index in [1.54, 1.807) is 6.07 Å². The highest BCUT2D eigenvalue weighted by Gasteiger charge is 2.15. The van der Waals surface area contributed by atoms with Gasteiger partial charge in [0.15, 0.2) is 0 Å². The molecule has 3 rings (SSSR count). The van der Waals surface area contributed by atoms with Gasteiger partial charge in [-0.25, -0.2) is 4.79 Å². The number of benzene rings is 1. The number of fused-ring (bicyclic) bond motifs is 1. The van der Waals surface area contributed by atoms with Crippen LogP contribution in [0.5, 0.6) is 5.75 Å². The first-order valence-corrected chi connectivity index (χ1v) is 7.86. The van der Waals surface area contributed by atoms with Gasteiger partial charge in [-0.3, -0.25) is 4.79 Å². The summed E-state index contributed by atoms with van der Waals surface area (Å²) in [6, 6.07) is 8.88. The molecule has 0 atom stereocenters. The number of hydrogen-bond donors (Lipinski definition) is 0. The molecule has 4 nitrogen and oxygen atoms in total. The predicted molar refractivity (Wildman–Crippen MR) is 87.1 cm³/mol. The number of halogens is 2. The highest BCUT2D eigenvalue weighted by molar-refractivity contribution is 6.93. The Balaban J connectivity index is 0.000000396. The Hall–Kier alpha value is -1.52. The van der Waals surface area contributed by atoms with Crippen LogP contribution in [0.25, 0.3) is 11.0 Å². The third-order valence-corrected chi connectivity index (χ3v) is 3.45. The van der Waals surface area contributed by atoms with E-state index in [-0.39, 0.29) is 5.63 Å². The first-order valence-electron chi connectivity index (χ1n) is 7.10. The van der Waals surface area contributed by atoms with Crippen LogP contribution in [0.3, 0.4) is 0 Å². The molecule has 0 radical (unpaired) electrons. The van der Waals surface area contributed by atoms with Gasteiger partial charge >= 0.3 is 10.3 Å². The second-order valence-electron chi connectivity index (χ2n) is 5.06. The summed E-state index contributed by atoms with van der Waals surface area (Å²) < 4.78 is 10.2. The summed E-state index contributed by atoms with van der Waals surface area (Å²) in [5, 5.41) is 0.922. The molecule has 1 heterocycles. The van der Waals surface area contributed by atoms with Crippen LogP contribution in [-0.4, -0.2) is 10.8 Å². The largest absolute Gasteiger partial charge is 0.490 e. The second kappa shape index (κ2) is 8.20. The highest BCUT2D eigenvalue weighted by atomic mass is 35.5. The lowest BCUT2D eigenvalue weighted by Gasteiger charge is -2.22. The minimum absolute atomic E-state index is 0.312. The molecule has 1 aliphatic carbocycles. The van der Waals surface area contributed by atoms with Crippen molar-refractivity contribution >= 4 is 38.9 Å². The van der Waals surface area contributed by atoms with Crippen molar-refractivity contribution in [1.82, 2.24) is 0 Å². The molecule has 1 aliphatic rings. The van der Waals surface area contributed by atoms with Crippen molar-refractivity contribution in [2.45, 2.75) is 38.2 Å². The fourth-order valence-electron chi connectivity index (χ4n) is 2.49. The summed E-state index contributed by atoms with van der Waals surface area (Å²) >= 11 is 8.80. The van der Waals surface area contributed by atoms with Crippen molar-refractivity contribution in [2.24, 2.45) is 0 Å². The number of carbonyl (C=O) groups is 1. The normalized spacial score (nSPS) is 15.0. The quantitative estimate of drug-likeness (QED) is 0.563. The molecular weight excluding hydrogens is 327 g/mol. The smallest absolute Gasteiger partial charge is 0.336 e. The maximum Gasteiger partial charge on any atom is 0.336 e. The van der Waals surface area contributed by atoms with Crippen LogP contribution in [-0.2, 0) is 0 Å². The van der Waals surface area contributed by atoms with Crippen LogP contribution in [0.2, 0.25) is 0 Å². The van der Waals surface area contributed by atoms with Gasteiger partial charge in [-0.15, -0.1) is 0 Å². The number of carbonyl (C=O) groups excluding carboxylic acids is 1. The van der Waals surface area contributed by atoms with E-state index in [1.165, 1.54) is 25.3 Å². The second-order valence-corrected chi connectivity index (χ2v) is 5.94. The Labute approximate surface area is 138 Å². The molecule has 0 unspecified atom stereocenters.